The summed E-state index contributed by atoms with van der Waals surface area (Å²) in [4.78, 5) is 21.7. The number of carbonyl (C=O) groups is 2. The first-order valence-electron chi connectivity index (χ1n) is 5.37. The molecule has 3 heteroatoms. The molecule has 0 amide bonds. The Morgan fingerprint density at radius 1 is 1.41 bits per heavy atom. The molecule has 0 fully saturated rings. The van der Waals surface area contributed by atoms with Crippen molar-refractivity contribution in [3.8, 4) is 11.8 Å². The highest BCUT2D eigenvalue weighted by molar-refractivity contribution is 5.76. The largest absolute Gasteiger partial charge is 0.465 e. The summed E-state index contributed by atoms with van der Waals surface area (Å²) in [6.45, 7) is 4.01. The van der Waals surface area contributed by atoms with Gasteiger partial charge in [0.25, 0.3) is 0 Å². The first-order chi connectivity index (χ1) is 8.15. The molecule has 1 rings (SSSR count). The minimum atomic E-state index is -0.330. The highest BCUT2D eigenvalue weighted by Gasteiger charge is 1.97. The Labute approximate surface area is 101 Å². The van der Waals surface area contributed by atoms with E-state index in [2.05, 4.69) is 11.8 Å². The highest BCUT2D eigenvalue weighted by Crippen LogP contribution is 2.06. The number of esters is 1. The molecule has 1 aromatic rings. The molecular formula is C14H14O3. The number of hydrogen-bond acceptors (Lipinski definition) is 3. The molecule has 0 aromatic heterocycles. The zero-order valence-electron chi connectivity index (χ0n) is 9.95. The molecule has 17 heavy (non-hydrogen) atoms. The van der Waals surface area contributed by atoms with E-state index in [1.807, 2.05) is 13.0 Å². The highest BCUT2D eigenvalue weighted by atomic mass is 16.5. The number of rotatable bonds is 3. The van der Waals surface area contributed by atoms with Crippen LogP contribution in [0.5, 0.6) is 0 Å². The van der Waals surface area contributed by atoms with Gasteiger partial charge in [0.1, 0.15) is 12.7 Å². The molecule has 0 heterocycles. The third-order valence-corrected chi connectivity index (χ3v) is 2.01. The van der Waals surface area contributed by atoms with Gasteiger partial charge in [0.2, 0.25) is 0 Å². The number of aldehydes is 1. The van der Waals surface area contributed by atoms with Crippen LogP contribution in [-0.2, 0) is 9.53 Å². The zero-order valence-corrected chi connectivity index (χ0v) is 9.95. The lowest BCUT2D eigenvalue weighted by molar-refractivity contribution is -0.141. The van der Waals surface area contributed by atoms with Crippen LogP contribution in [-0.4, -0.2) is 18.9 Å². The summed E-state index contributed by atoms with van der Waals surface area (Å²) in [5, 5.41) is 0. The van der Waals surface area contributed by atoms with E-state index in [1.54, 1.807) is 19.1 Å². The zero-order chi connectivity index (χ0) is 12.7. The van der Waals surface area contributed by atoms with Crippen molar-refractivity contribution < 1.29 is 14.3 Å². The van der Waals surface area contributed by atoms with Crippen molar-refractivity contribution in [3.05, 3.63) is 34.9 Å². The second-order valence-electron chi connectivity index (χ2n) is 3.53. The van der Waals surface area contributed by atoms with E-state index in [9.17, 15) is 9.59 Å². The average Bonchev–Trinajstić information content (AvgIpc) is 2.28. The summed E-state index contributed by atoms with van der Waals surface area (Å²) in [7, 11) is 0. The van der Waals surface area contributed by atoms with Crippen LogP contribution in [0, 0.1) is 18.8 Å². The van der Waals surface area contributed by atoms with Crippen molar-refractivity contribution in [1.82, 2.24) is 0 Å². The van der Waals surface area contributed by atoms with Crippen molar-refractivity contribution in [2.45, 2.75) is 20.3 Å². The van der Waals surface area contributed by atoms with E-state index in [0.717, 1.165) is 17.4 Å². The molecule has 0 atom stereocenters. The van der Waals surface area contributed by atoms with Gasteiger partial charge in [-0.2, -0.15) is 0 Å². The van der Waals surface area contributed by atoms with Gasteiger partial charge in [-0.3, -0.25) is 9.59 Å². The predicted molar refractivity (Wildman–Crippen MR) is 64.7 cm³/mol. The van der Waals surface area contributed by atoms with Gasteiger partial charge in [0.05, 0.1) is 6.61 Å². The maximum absolute atomic E-state index is 11.0. The van der Waals surface area contributed by atoms with E-state index in [4.69, 9.17) is 4.74 Å². The standard InChI is InChI=1S/C14H14O3/c1-3-17-14(16)6-4-5-12-7-11(2)8-13(9-12)10-15/h7-10H,3,6H2,1-2H3. The number of ether oxygens (including phenoxy) is 1. The lowest BCUT2D eigenvalue weighted by Crippen LogP contribution is -2.01. The van der Waals surface area contributed by atoms with Crippen LogP contribution in [0.2, 0.25) is 0 Å². The maximum atomic E-state index is 11.0. The molecule has 0 aliphatic carbocycles. The van der Waals surface area contributed by atoms with E-state index in [-0.39, 0.29) is 12.4 Å². The normalized spacial score (nSPS) is 9.06. The SMILES string of the molecule is CCOC(=O)CC#Cc1cc(C)cc(C=O)c1. The summed E-state index contributed by atoms with van der Waals surface area (Å²) < 4.78 is 4.75. The molecule has 88 valence electrons. The number of hydrogen-bond donors (Lipinski definition) is 0. The molecule has 0 saturated heterocycles. The summed E-state index contributed by atoms with van der Waals surface area (Å²) >= 11 is 0. The van der Waals surface area contributed by atoms with Crippen molar-refractivity contribution >= 4 is 12.3 Å². The van der Waals surface area contributed by atoms with Gasteiger partial charge in [-0.15, -0.1) is 0 Å². The molecule has 3 nitrogen and oxygen atoms in total. The molecule has 0 spiro atoms. The van der Waals surface area contributed by atoms with Crippen LogP contribution >= 0.6 is 0 Å². The molecule has 1 aromatic carbocycles. The fraction of sp³-hybridized carbons (Fsp3) is 0.286. The minimum absolute atomic E-state index is 0.0677. The average molecular weight is 230 g/mol. The molecule has 0 unspecified atom stereocenters. The molecule has 0 aliphatic rings. The number of benzene rings is 1. The molecule has 0 N–H and O–H groups in total. The van der Waals surface area contributed by atoms with Gasteiger partial charge < -0.3 is 4.74 Å². The van der Waals surface area contributed by atoms with Crippen molar-refractivity contribution in [1.29, 1.82) is 0 Å². The van der Waals surface area contributed by atoms with Gasteiger partial charge in [0, 0.05) is 11.1 Å². The van der Waals surface area contributed by atoms with Crippen LogP contribution in [0.3, 0.4) is 0 Å². The second-order valence-corrected chi connectivity index (χ2v) is 3.53. The smallest absolute Gasteiger partial charge is 0.317 e. The summed E-state index contributed by atoms with van der Waals surface area (Å²) in [5.41, 5.74) is 2.29. The first kappa shape index (κ1) is 13.0. The van der Waals surface area contributed by atoms with Gasteiger partial charge in [0.15, 0.2) is 0 Å². The first-order valence-corrected chi connectivity index (χ1v) is 5.37. The fourth-order valence-corrected chi connectivity index (χ4v) is 1.38. The Morgan fingerprint density at radius 3 is 2.82 bits per heavy atom. The van der Waals surface area contributed by atoms with E-state index in [0.29, 0.717) is 12.2 Å². The third-order valence-electron chi connectivity index (χ3n) is 2.01. The Balaban J connectivity index is 2.74. The monoisotopic (exact) mass is 230 g/mol. The lowest BCUT2D eigenvalue weighted by atomic mass is 10.1. The quantitative estimate of drug-likeness (QED) is 0.454. The van der Waals surface area contributed by atoms with E-state index < -0.39 is 0 Å². The Hall–Kier alpha value is -2.08. The molecule has 0 bridgehead atoms. The molecule has 0 saturated carbocycles. The number of carbonyl (C=O) groups excluding carboxylic acids is 2. The van der Waals surface area contributed by atoms with Crippen LogP contribution in [0.4, 0.5) is 0 Å². The van der Waals surface area contributed by atoms with Gasteiger partial charge in [-0.05, 0) is 37.6 Å². The van der Waals surface area contributed by atoms with Crippen molar-refractivity contribution in [3.63, 3.8) is 0 Å². The Kier molecular flexibility index (Phi) is 4.96. The van der Waals surface area contributed by atoms with Crippen LogP contribution in [0.15, 0.2) is 18.2 Å². The summed E-state index contributed by atoms with van der Waals surface area (Å²) in [6.07, 6.45) is 0.849. The molecule has 0 aliphatic heterocycles. The summed E-state index contributed by atoms with van der Waals surface area (Å²) in [5.74, 6) is 5.23. The van der Waals surface area contributed by atoms with Gasteiger partial charge >= 0.3 is 5.97 Å². The summed E-state index contributed by atoms with van der Waals surface area (Å²) in [6, 6.07) is 5.34. The number of aryl methyl sites for hydroxylation is 1. The molecular weight excluding hydrogens is 216 g/mol. The van der Waals surface area contributed by atoms with Gasteiger partial charge in [-0.1, -0.05) is 11.8 Å². The fourth-order valence-electron chi connectivity index (χ4n) is 1.38. The van der Waals surface area contributed by atoms with Crippen molar-refractivity contribution in [2.75, 3.05) is 6.61 Å². The van der Waals surface area contributed by atoms with Crippen molar-refractivity contribution in [2.24, 2.45) is 0 Å². The van der Waals surface area contributed by atoms with E-state index in [1.165, 1.54) is 0 Å². The van der Waals surface area contributed by atoms with E-state index >= 15 is 0 Å². The van der Waals surface area contributed by atoms with Crippen LogP contribution in [0.1, 0.15) is 34.8 Å². The topological polar surface area (TPSA) is 43.4 Å². The minimum Gasteiger partial charge on any atom is -0.465 e. The van der Waals surface area contributed by atoms with Crippen LogP contribution < -0.4 is 0 Å². The third kappa shape index (κ3) is 4.52. The molecule has 0 radical (unpaired) electrons. The second kappa shape index (κ2) is 6.49. The van der Waals surface area contributed by atoms with Gasteiger partial charge in [-0.25, -0.2) is 0 Å². The van der Waals surface area contributed by atoms with Crippen LogP contribution in [0.25, 0.3) is 0 Å². The maximum Gasteiger partial charge on any atom is 0.317 e. The lowest BCUT2D eigenvalue weighted by Gasteiger charge is -1.97. The Morgan fingerprint density at radius 2 is 2.18 bits per heavy atom. The predicted octanol–water partition coefficient (Wildman–Crippen LogP) is 2.11. The Bertz CT molecular complexity index is 478.